The summed E-state index contributed by atoms with van der Waals surface area (Å²) in [5, 5.41) is 6.72. The molecule has 162 valence electrons. The molecule has 0 saturated heterocycles. The summed E-state index contributed by atoms with van der Waals surface area (Å²) in [6, 6.07) is 11.3. The zero-order valence-corrected chi connectivity index (χ0v) is 18.1. The van der Waals surface area contributed by atoms with Crippen molar-refractivity contribution < 1.29 is 23.2 Å². The molecular weight excluding hydrogens is 445 g/mol. The summed E-state index contributed by atoms with van der Waals surface area (Å²) < 4.78 is 23.4. The Bertz CT molecular complexity index is 1050. The second-order valence-electron chi connectivity index (χ2n) is 6.42. The first-order valence-corrected chi connectivity index (χ1v) is 11.0. The number of esters is 1. The zero-order chi connectivity index (χ0) is 22.2. The fraction of sp³-hybridized carbons (Fsp3) is 0.238. The van der Waals surface area contributed by atoms with E-state index in [0.29, 0.717) is 17.7 Å². The zero-order valence-electron chi connectivity index (χ0n) is 16.5. The van der Waals surface area contributed by atoms with Gasteiger partial charge in [-0.25, -0.2) is 9.18 Å². The van der Waals surface area contributed by atoms with Crippen LogP contribution in [0.1, 0.15) is 22.6 Å². The molecule has 3 rings (SSSR count). The highest BCUT2D eigenvalue weighted by Crippen LogP contribution is 2.18. The van der Waals surface area contributed by atoms with Gasteiger partial charge in [0.1, 0.15) is 11.9 Å². The lowest BCUT2D eigenvalue weighted by molar-refractivity contribution is -0.147. The molecule has 1 amide bonds. The van der Waals surface area contributed by atoms with Gasteiger partial charge in [0.25, 0.3) is 11.8 Å². The van der Waals surface area contributed by atoms with Crippen molar-refractivity contribution in [2.45, 2.75) is 19.1 Å². The summed E-state index contributed by atoms with van der Waals surface area (Å²) in [5.74, 6) is -0.507. The highest BCUT2D eigenvalue weighted by atomic mass is 35.5. The van der Waals surface area contributed by atoms with E-state index < -0.39 is 17.9 Å². The maximum absolute atomic E-state index is 13.0. The van der Waals surface area contributed by atoms with Crippen LogP contribution in [0.2, 0.25) is 5.02 Å². The Hall–Kier alpha value is -2.91. The number of halogens is 2. The van der Waals surface area contributed by atoms with Gasteiger partial charge in [0, 0.05) is 5.56 Å². The minimum Gasteiger partial charge on any atom is -0.456 e. The average Bonchev–Trinajstić information content (AvgIpc) is 3.24. The smallest absolute Gasteiger partial charge is 0.329 e. The number of carbonyl (C=O) groups excluding carboxylic acids is 2. The minimum atomic E-state index is -0.861. The van der Waals surface area contributed by atoms with Gasteiger partial charge in [-0.2, -0.15) is 16.7 Å². The third-order valence-corrected chi connectivity index (χ3v) is 5.20. The molecule has 1 atom stereocenters. The molecule has 0 saturated carbocycles. The predicted molar refractivity (Wildman–Crippen MR) is 115 cm³/mol. The number of hydrogen-bond donors (Lipinski definition) is 1. The van der Waals surface area contributed by atoms with E-state index in [2.05, 4.69) is 15.5 Å². The summed E-state index contributed by atoms with van der Waals surface area (Å²) in [6.07, 6.45) is 2.28. The van der Waals surface area contributed by atoms with Gasteiger partial charge in [-0.05, 0) is 54.8 Å². The fourth-order valence-corrected chi connectivity index (χ4v) is 3.32. The summed E-state index contributed by atoms with van der Waals surface area (Å²) in [7, 11) is 0. The monoisotopic (exact) mass is 463 g/mol. The van der Waals surface area contributed by atoms with Crippen LogP contribution < -0.4 is 5.32 Å². The Labute approximate surface area is 187 Å². The van der Waals surface area contributed by atoms with E-state index in [0.717, 1.165) is 0 Å². The number of nitrogens with zero attached hydrogens (tertiary/aromatic N) is 2. The lowest BCUT2D eigenvalue weighted by atomic mass is 10.1. The Kier molecular flexibility index (Phi) is 8.02. The first kappa shape index (κ1) is 22.8. The molecule has 1 heterocycles. The molecule has 0 aliphatic carbocycles. The number of aromatic nitrogens is 2. The number of rotatable bonds is 9. The Balaban J connectivity index is 1.62. The SMILES string of the molecule is CSCCC(NC(=O)c1ccccc1Cl)C(=O)OCc1noc(-c2ccc(F)cc2)n1. The van der Waals surface area contributed by atoms with Gasteiger partial charge in [-0.15, -0.1) is 0 Å². The van der Waals surface area contributed by atoms with Gasteiger partial charge in [-0.3, -0.25) is 4.79 Å². The number of carbonyl (C=O) groups is 2. The maximum atomic E-state index is 13.0. The lowest BCUT2D eigenvalue weighted by Crippen LogP contribution is -2.42. The van der Waals surface area contributed by atoms with Crippen LogP contribution in [0.3, 0.4) is 0 Å². The van der Waals surface area contributed by atoms with Gasteiger partial charge < -0.3 is 14.6 Å². The molecule has 7 nitrogen and oxygen atoms in total. The molecule has 31 heavy (non-hydrogen) atoms. The lowest BCUT2D eigenvalue weighted by Gasteiger charge is -2.17. The Morgan fingerprint density at radius 1 is 1.23 bits per heavy atom. The van der Waals surface area contributed by atoms with Crippen molar-refractivity contribution in [2.24, 2.45) is 0 Å². The van der Waals surface area contributed by atoms with Crippen molar-refractivity contribution in [1.82, 2.24) is 15.5 Å². The second kappa shape index (κ2) is 10.9. The number of amides is 1. The van der Waals surface area contributed by atoms with Crippen LogP contribution in [0.15, 0.2) is 53.1 Å². The molecule has 1 N–H and O–H groups in total. The van der Waals surface area contributed by atoms with E-state index in [-0.39, 0.29) is 34.7 Å². The van der Waals surface area contributed by atoms with E-state index in [1.54, 1.807) is 24.3 Å². The molecule has 0 spiro atoms. The van der Waals surface area contributed by atoms with Crippen LogP contribution in [0.5, 0.6) is 0 Å². The first-order chi connectivity index (χ1) is 15.0. The second-order valence-corrected chi connectivity index (χ2v) is 7.81. The third-order valence-electron chi connectivity index (χ3n) is 4.22. The van der Waals surface area contributed by atoms with Gasteiger partial charge >= 0.3 is 5.97 Å². The van der Waals surface area contributed by atoms with Crippen molar-refractivity contribution >= 4 is 35.2 Å². The minimum absolute atomic E-state index is 0.147. The molecule has 0 radical (unpaired) electrons. The molecule has 2 aromatic carbocycles. The summed E-state index contributed by atoms with van der Waals surface area (Å²) in [4.78, 5) is 29.2. The Morgan fingerprint density at radius 3 is 2.68 bits per heavy atom. The van der Waals surface area contributed by atoms with Crippen LogP contribution in [-0.2, 0) is 16.1 Å². The van der Waals surface area contributed by atoms with Crippen LogP contribution in [-0.4, -0.2) is 40.1 Å². The van der Waals surface area contributed by atoms with Gasteiger partial charge in [0.05, 0.1) is 10.6 Å². The predicted octanol–water partition coefficient (Wildman–Crippen LogP) is 4.12. The molecule has 0 aliphatic heterocycles. The van der Waals surface area contributed by atoms with Crippen molar-refractivity contribution in [2.75, 3.05) is 12.0 Å². The molecule has 0 bridgehead atoms. The average molecular weight is 464 g/mol. The Morgan fingerprint density at radius 2 is 1.97 bits per heavy atom. The number of ether oxygens (including phenoxy) is 1. The molecule has 10 heteroatoms. The standard InChI is InChI=1S/C21H19ClFN3O4S/c1-31-11-10-17(24-19(27)15-4-2-3-5-16(15)22)21(28)29-12-18-25-20(30-26-18)13-6-8-14(23)9-7-13/h2-9,17H,10-12H2,1H3,(H,24,27). The quantitative estimate of drug-likeness (QED) is 0.477. The largest absolute Gasteiger partial charge is 0.456 e. The van der Waals surface area contributed by atoms with E-state index in [4.69, 9.17) is 20.9 Å². The van der Waals surface area contributed by atoms with Gasteiger partial charge in [-0.1, -0.05) is 28.9 Å². The first-order valence-electron chi connectivity index (χ1n) is 9.27. The molecule has 0 aliphatic rings. The molecule has 0 fully saturated rings. The van der Waals surface area contributed by atoms with E-state index in [1.165, 1.54) is 36.0 Å². The van der Waals surface area contributed by atoms with Gasteiger partial charge in [0.2, 0.25) is 5.82 Å². The van der Waals surface area contributed by atoms with Crippen molar-refractivity contribution in [3.05, 3.63) is 70.8 Å². The van der Waals surface area contributed by atoms with Gasteiger partial charge in [0.15, 0.2) is 6.61 Å². The summed E-state index contributed by atoms with van der Waals surface area (Å²) in [6.45, 7) is -0.235. The number of benzene rings is 2. The molecule has 1 aromatic heterocycles. The summed E-state index contributed by atoms with van der Waals surface area (Å²) >= 11 is 7.60. The molecule has 1 unspecified atom stereocenters. The van der Waals surface area contributed by atoms with Crippen LogP contribution in [0.25, 0.3) is 11.5 Å². The highest BCUT2D eigenvalue weighted by molar-refractivity contribution is 7.98. The van der Waals surface area contributed by atoms with E-state index >= 15 is 0 Å². The normalized spacial score (nSPS) is 11.7. The number of thioether (sulfide) groups is 1. The van der Waals surface area contributed by atoms with E-state index in [1.807, 2.05) is 6.26 Å². The third kappa shape index (κ3) is 6.28. The van der Waals surface area contributed by atoms with Crippen molar-refractivity contribution in [1.29, 1.82) is 0 Å². The molecule has 3 aromatic rings. The van der Waals surface area contributed by atoms with Crippen molar-refractivity contribution in [3.63, 3.8) is 0 Å². The highest BCUT2D eigenvalue weighted by Gasteiger charge is 2.24. The van der Waals surface area contributed by atoms with Crippen LogP contribution in [0, 0.1) is 5.82 Å². The maximum Gasteiger partial charge on any atom is 0.329 e. The van der Waals surface area contributed by atoms with Crippen molar-refractivity contribution in [3.8, 4) is 11.5 Å². The fourth-order valence-electron chi connectivity index (χ4n) is 2.62. The van der Waals surface area contributed by atoms with Crippen LogP contribution in [0.4, 0.5) is 4.39 Å². The summed E-state index contributed by atoms with van der Waals surface area (Å²) in [5.41, 5.74) is 0.810. The number of nitrogens with one attached hydrogen (secondary N) is 1. The molecular formula is C21H19ClFN3O4S. The topological polar surface area (TPSA) is 94.3 Å². The van der Waals surface area contributed by atoms with E-state index in [9.17, 15) is 14.0 Å². The van der Waals surface area contributed by atoms with Crippen LogP contribution >= 0.6 is 23.4 Å². The number of hydrogen-bond acceptors (Lipinski definition) is 7.